The van der Waals surface area contributed by atoms with E-state index in [1.165, 1.54) is 21.9 Å². The molecule has 5 aromatic carbocycles. The Labute approximate surface area is 207 Å². The van der Waals surface area contributed by atoms with Crippen LogP contribution in [0.1, 0.15) is 23.5 Å². The van der Waals surface area contributed by atoms with Crippen molar-refractivity contribution in [3.05, 3.63) is 126 Å². The Morgan fingerprint density at radius 3 is 2.25 bits per heavy atom. The lowest BCUT2D eigenvalue weighted by atomic mass is 9.95. The fourth-order valence-electron chi connectivity index (χ4n) is 5.91. The van der Waals surface area contributed by atoms with E-state index < -0.39 is 0 Å². The van der Waals surface area contributed by atoms with Crippen molar-refractivity contribution in [3.8, 4) is 0 Å². The first-order valence-electron chi connectivity index (χ1n) is 12.4. The molecule has 0 spiro atoms. The maximum atomic E-state index is 6.53. The number of nitrogens with one attached hydrogen (secondary N) is 2. The number of anilines is 1. The van der Waals surface area contributed by atoms with Crippen molar-refractivity contribution in [2.24, 2.45) is 0 Å². The molecule has 36 heavy (non-hydrogen) atoms. The van der Waals surface area contributed by atoms with Gasteiger partial charge in [-0.3, -0.25) is 5.32 Å². The molecule has 2 atom stereocenters. The van der Waals surface area contributed by atoms with Crippen LogP contribution in [0.5, 0.6) is 0 Å². The van der Waals surface area contributed by atoms with Crippen LogP contribution in [0.2, 0.25) is 0 Å². The van der Waals surface area contributed by atoms with E-state index in [9.17, 15) is 0 Å². The number of hydrogen-bond acceptors (Lipinski definition) is 3. The van der Waals surface area contributed by atoms with Gasteiger partial charge in [-0.25, -0.2) is 0 Å². The molecule has 2 aromatic heterocycles. The number of fused-ring (bicyclic) bond motifs is 8. The molecule has 0 bridgehead atoms. The van der Waals surface area contributed by atoms with Crippen LogP contribution in [-0.4, -0.2) is 4.57 Å². The number of aromatic nitrogens is 1. The molecule has 2 N–H and O–H groups in total. The Bertz CT molecular complexity index is 1910. The van der Waals surface area contributed by atoms with Gasteiger partial charge in [0.15, 0.2) is 11.9 Å². The van der Waals surface area contributed by atoms with Gasteiger partial charge >= 0.3 is 0 Å². The summed E-state index contributed by atoms with van der Waals surface area (Å²) in [6.45, 7) is 0. The van der Waals surface area contributed by atoms with Gasteiger partial charge in [0.2, 0.25) is 0 Å². The van der Waals surface area contributed by atoms with E-state index in [4.69, 9.17) is 4.42 Å². The smallest absolute Gasteiger partial charge is 0.160 e. The number of nitrogens with zero attached hydrogens (tertiary/aromatic N) is 1. The molecule has 7 aromatic rings. The largest absolute Gasteiger partial charge is 0.454 e. The van der Waals surface area contributed by atoms with Crippen molar-refractivity contribution in [3.63, 3.8) is 0 Å². The summed E-state index contributed by atoms with van der Waals surface area (Å²) in [4.78, 5) is 0. The van der Waals surface area contributed by atoms with Crippen LogP contribution in [0.15, 0.2) is 120 Å². The van der Waals surface area contributed by atoms with E-state index in [-0.39, 0.29) is 12.3 Å². The lowest BCUT2D eigenvalue weighted by Gasteiger charge is -2.36. The van der Waals surface area contributed by atoms with Crippen LogP contribution < -0.4 is 10.6 Å². The highest BCUT2D eigenvalue weighted by Crippen LogP contribution is 2.42. The van der Waals surface area contributed by atoms with Crippen molar-refractivity contribution in [2.45, 2.75) is 12.3 Å². The predicted octanol–water partition coefficient (Wildman–Crippen LogP) is 7.95. The zero-order chi connectivity index (χ0) is 23.6. The third-order valence-corrected chi connectivity index (χ3v) is 7.50. The van der Waals surface area contributed by atoms with Crippen molar-refractivity contribution in [1.29, 1.82) is 0 Å². The Balaban J connectivity index is 1.43. The fraction of sp³-hybridized carbons (Fsp3) is 0.0625. The zero-order valence-electron chi connectivity index (χ0n) is 19.5. The molecular formula is C32H23N3O. The number of rotatable bonds is 2. The van der Waals surface area contributed by atoms with Crippen LogP contribution in [0.3, 0.4) is 0 Å². The van der Waals surface area contributed by atoms with Gasteiger partial charge in [-0.15, -0.1) is 0 Å². The monoisotopic (exact) mass is 465 g/mol. The molecular weight excluding hydrogens is 442 g/mol. The normalized spacial score (nSPS) is 17.6. The van der Waals surface area contributed by atoms with E-state index in [1.807, 2.05) is 12.1 Å². The molecule has 4 nitrogen and oxygen atoms in total. The summed E-state index contributed by atoms with van der Waals surface area (Å²) in [5, 5.41) is 12.4. The van der Waals surface area contributed by atoms with Gasteiger partial charge in [0.05, 0.1) is 17.1 Å². The second-order valence-corrected chi connectivity index (χ2v) is 9.47. The molecule has 0 radical (unpaired) electrons. The maximum Gasteiger partial charge on any atom is 0.160 e. The van der Waals surface area contributed by atoms with E-state index in [2.05, 4.69) is 118 Å². The Morgan fingerprint density at radius 1 is 0.611 bits per heavy atom. The maximum absolute atomic E-state index is 6.53. The molecule has 3 heterocycles. The molecule has 0 aliphatic carbocycles. The first-order valence-corrected chi connectivity index (χ1v) is 12.4. The number of benzene rings is 5. The molecule has 2 unspecified atom stereocenters. The summed E-state index contributed by atoms with van der Waals surface area (Å²) >= 11 is 0. The lowest BCUT2D eigenvalue weighted by molar-refractivity contribution is 0.416. The van der Waals surface area contributed by atoms with Gasteiger partial charge in [-0.1, -0.05) is 91.0 Å². The minimum atomic E-state index is -0.175. The molecule has 8 rings (SSSR count). The van der Waals surface area contributed by atoms with Crippen LogP contribution in [-0.2, 0) is 0 Å². The zero-order valence-corrected chi connectivity index (χ0v) is 19.5. The third-order valence-electron chi connectivity index (χ3n) is 7.50. The van der Waals surface area contributed by atoms with Crippen molar-refractivity contribution in [2.75, 3.05) is 5.32 Å². The fourth-order valence-corrected chi connectivity index (χ4v) is 5.91. The summed E-state index contributed by atoms with van der Waals surface area (Å²) < 4.78 is 8.91. The highest BCUT2D eigenvalue weighted by molar-refractivity contribution is 6.20. The average molecular weight is 466 g/mol. The molecule has 0 saturated heterocycles. The number of hydrogen-bond donors (Lipinski definition) is 2. The van der Waals surface area contributed by atoms with Gasteiger partial charge in [0.25, 0.3) is 0 Å². The quantitative estimate of drug-likeness (QED) is 0.272. The topological polar surface area (TPSA) is 42.1 Å². The van der Waals surface area contributed by atoms with E-state index in [0.717, 1.165) is 38.7 Å². The summed E-state index contributed by atoms with van der Waals surface area (Å²) in [5.74, 6) is 0. The Morgan fingerprint density at radius 2 is 1.33 bits per heavy atom. The Hall–Kier alpha value is -4.54. The Kier molecular flexibility index (Phi) is 4.10. The number of furan rings is 1. The van der Waals surface area contributed by atoms with Crippen molar-refractivity contribution in [1.82, 2.24) is 9.88 Å². The van der Waals surface area contributed by atoms with Crippen LogP contribution in [0.25, 0.3) is 43.7 Å². The first-order chi connectivity index (χ1) is 17.9. The highest BCUT2D eigenvalue weighted by Gasteiger charge is 2.30. The van der Waals surface area contributed by atoms with Gasteiger partial charge in [-0.05, 0) is 35.4 Å². The molecule has 1 aliphatic rings. The van der Waals surface area contributed by atoms with Crippen LogP contribution in [0, 0.1) is 0 Å². The summed E-state index contributed by atoms with van der Waals surface area (Å²) in [7, 11) is 0. The average Bonchev–Trinajstić information content (AvgIpc) is 3.49. The molecule has 1 aliphatic heterocycles. The molecule has 0 saturated carbocycles. The number of para-hydroxylation sites is 3. The molecule has 172 valence electrons. The first kappa shape index (κ1) is 19.7. The SMILES string of the molecule is c1ccc(C2NC(n3c4ccccc4c4ccc5c6ccccc6oc5c43)Nc3ccccc32)cc1. The van der Waals surface area contributed by atoms with E-state index >= 15 is 0 Å². The molecule has 0 amide bonds. The van der Waals surface area contributed by atoms with Gasteiger partial charge in [-0.2, -0.15) is 0 Å². The summed E-state index contributed by atoms with van der Waals surface area (Å²) in [5.41, 5.74) is 7.72. The molecule has 0 fully saturated rings. The van der Waals surface area contributed by atoms with Crippen LogP contribution >= 0.6 is 0 Å². The third kappa shape index (κ3) is 2.73. The lowest BCUT2D eigenvalue weighted by Crippen LogP contribution is -2.40. The second-order valence-electron chi connectivity index (χ2n) is 9.47. The van der Waals surface area contributed by atoms with E-state index in [1.54, 1.807) is 0 Å². The van der Waals surface area contributed by atoms with Gasteiger partial charge in [0, 0.05) is 27.2 Å². The predicted molar refractivity (Wildman–Crippen MR) is 147 cm³/mol. The minimum Gasteiger partial charge on any atom is -0.454 e. The molecule has 4 heteroatoms. The summed E-state index contributed by atoms with van der Waals surface area (Å²) in [6, 6.07) is 40.7. The van der Waals surface area contributed by atoms with Gasteiger partial charge in [0.1, 0.15) is 5.58 Å². The van der Waals surface area contributed by atoms with Crippen molar-refractivity contribution >= 4 is 49.4 Å². The minimum absolute atomic E-state index is 0.0553. The van der Waals surface area contributed by atoms with Crippen LogP contribution in [0.4, 0.5) is 5.69 Å². The highest BCUT2D eigenvalue weighted by atomic mass is 16.3. The van der Waals surface area contributed by atoms with Crippen molar-refractivity contribution < 1.29 is 4.42 Å². The van der Waals surface area contributed by atoms with Gasteiger partial charge < -0.3 is 14.3 Å². The second kappa shape index (κ2) is 7.48. The van der Waals surface area contributed by atoms with E-state index in [0.29, 0.717) is 0 Å². The standard InChI is InChI=1S/C32H23N3O/c1-2-10-20(11-3-1)29-25-14-4-7-15-26(25)33-32(34-29)35-27-16-8-5-12-21(27)23-18-19-24-22-13-6-9-17-28(22)36-31(24)30(23)35/h1-19,29,32-34H. The summed E-state index contributed by atoms with van der Waals surface area (Å²) in [6.07, 6.45) is -0.175.